The van der Waals surface area contributed by atoms with Gasteiger partial charge in [0.15, 0.2) is 0 Å². The molecule has 3 heterocycles. The Kier molecular flexibility index (Phi) is 2.33. The van der Waals surface area contributed by atoms with Crippen molar-refractivity contribution in [1.29, 1.82) is 0 Å². The summed E-state index contributed by atoms with van der Waals surface area (Å²) < 4.78 is 0. The zero-order chi connectivity index (χ0) is 13.3. The van der Waals surface area contributed by atoms with E-state index in [2.05, 4.69) is 11.0 Å². The SMILES string of the molecule is Clc1cccc2c1CN1C(=N2)C2C[C@H]3CC1C[C@H](C2)C3. The van der Waals surface area contributed by atoms with E-state index in [4.69, 9.17) is 16.6 Å². The van der Waals surface area contributed by atoms with Gasteiger partial charge in [-0.3, -0.25) is 0 Å². The zero-order valence-electron chi connectivity index (χ0n) is 11.6. The Labute approximate surface area is 124 Å². The molecule has 1 aromatic carbocycles. The van der Waals surface area contributed by atoms with Crippen molar-refractivity contribution in [3.63, 3.8) is 0 Å². The molecular formula is C17H19ClN2. The van der Waals surface area contributed by atoms with E-state index in [0.717, 1.165) is 35.1 Å². The summed E-state index contributed by atoms with van der Waals surface area (Å²) in [4.78, 5) is 7.65. The van der Waals surface area contributed by atoms with E-state index in [9.17, 15) is 0 Å². The van der Waals surface area contributed by atoms with Crippen LogP contribution < -0.4 is 0 Å². The Hall–Kier alpha value is -1.02. The van der Waals surface area contributed by atoms with E-state index in [1.165, 1.54) is 43.5 Å². The number of hydrogen-bond donors (Lipinski definition) is 0. The van der Waals surface area contributed by atoms with E-state index in [-0.39, 0.29) is 0 Å². The maximum Gasteiger partial charge on any atom is 0.108 e. The monoisotopic (exact) mass is 286 g/mol. The lowest BCUT2D eigenvalue weighted by molar-refractivity contribution is 0.128. The maximum absolute atomic E-state index is 6.40. The molecule has 20 heavy (non-hydrogen) atoms. The van der Waals surface area contributed by atoms with E-state index in [0.29, 0.717) is 5.92 Å². The smallest absolute Gasteiger partial charge is 0.108 e. The molecule has 0 N–H and O–H groups in total. The number of fused-ring (bicyclic) bond motifs is 1. The van der Waals surface area contributed by atoms with Crippen molar-refractivity contribution < 1.29 is 0 Å². The van der Waals surface area contributed by atoms with Crippen LogP contribution in [0.25, 0.3) is 0 Å². The number of nitrogens with zero attached hydrogens (tertiary/aromatic N) is 2. The third-order valence-electron chi connectivity index (χ3n) is 5.87. The third kappa shape index (κ3) is 1.54. The molecule has 3 aliphatic heterocycles. The maximum atomic E-state index is 6.40. The number of amidine groups is 1. The van der Waals surface area contributed by atoms with Crippen molar-refractivity contribution >= 4 is 23.1 Å². The largest absolute Gasteiger partial charge is 0.352 e. The van der Waals surface area contributed by atoms with Gasteiger partial charge in [0.25, 0.3) is 0 Å². The van der Waals surface area contributed by atoms with Gasteiger partial charge in [-0.05, 0) is 56.1 Å². The van der Waals surface area contributed by atoms with Gasteiger partial charge in [-0.2, -0.15) is 0 Å². The fourth-order valence-corrected chi connectivity index (χ4v) is 5.40. The Morgan fingerprint density at radius 3 is 2.65 bits per heavy atom. The molecule has 5 aliphatic rings. The Balaban J connectivity index is 1.66. The van der Waals surface area contributed by atoms with Crippen LogP contribution in [0, 0.1) is 17.8 Å². The molecule has 2 aliphatic carbocycles. The van der Waals surface area contributed by atoms with Gasteiger partial charge in [-0.15, -0.1) is 0 Å². The van der Waals surface area contributed by atoms with Gasteiger partial charge in [-0.1, -0.05) is 17.7 Å². The molecule has 2 saturated heterocycles. The molecule has 2 saturated carbocycles. The topological polar surface area (TPSA) is 15.6 Å². The first-order valence-electron chi connectivity index (χ1n) is 7.90. The van der Waals surface area contributed by atoms with Crippen LogP contribution in [0.5, 0.6) is 0 Å². The summed E-state index contributed by atoms with van der Waals surface area (Å²) in [7, 11) is 0. The molecule has 2 atom stereocenters. The van der Waals surface area contributed by atoms with Crippen LogP contribution in [0.4, 0.5) is 5.69 Å². The Morgan fingerprint density at radius 2 is 1.85 bits per heavy atom. The van der Waals surface area contributed by atoms with E-state index in [1.807, 2.05) is 12.1 Å². The van der Waals surface area contributed by atoms with Crippen molar-refractivity contribution in [3.05, 3.63) is 28.8 Å². The first kappa shape index (κ1) is 11.6. The van der Waals surface area contributed by atoms with Gasteiger partial charge >= 0.3 is 0 Å². The number of aliphatic imine (C=N–C) groups is 1. The van der Waals surface area contributed by atoms with Gasteiger partial charge in [0.05, 0.1) is 5.69 Å². The van der Waals surface area contributed by atoms with E-state index >= 15 is 0 Å². The minimum absolute atomic E-state index is 0.707. The summed E-state index contributed by atoms with van der Waals surface area (Å²) in [5.74, 6) is 3.99. The third-order valence-corrected chi connectivity index (χ3v) is 6.23. The van der Waals surface area contributed by atoms with Crippen LogP contribution in [0.15, 0.2) is 23.2 Å². The first-order valence-corrected chi connectivity index (χ1v) is 8.28. The second-order valence-corrected chi connectivity index (χ2v) is 7.50. The zero-order valence-corrected chi connectivity index (χ0v) is 12.3. The van der Waals surface area contributed by atoms with Crippen molar-refractivity contribution in [3.8, 4) is 0 Å². The summed E-state index contributed by atoms with van der Waals surface area (Å²) in [6.45, 7) is 0.981. The summed E-state index contributed by atoms with van der Waals surface area (Å²) in [5, 5.41) is 0.884. The molecule has 2 nitrogen and oxygen atoms in total. The number of rotatable bonds is 0. The molecular weight excluding hydrogens is 268 g/mol. The highest BCUT2D eigenvalue weighted by Gasteiger charge is 2.46. The second kappa shape index (κ2) is 4.00. The molecule has 0 unspecified atom stereocenters. The summed E-state index contributed by atoms with van der Waals surface area (Å²) in [6.07, 6.45) is 6.98. The van der Waals surface area contributed by atoms with Crippen LogP contribution in [0.2, 0.25) is 5.02 Å². The van der Waals surface area contributed by atoms with Gasteiger partial charge in [0, 0.05) is 29.1 Å². The predicted molar refractivity (Wildman–Crippen MR) is 81.4 cm³/mol. The van der Waals surface area contributed by atoms with Crippen molar-refractivity contribution in [2.45, 2.75) is 44.7 Å². The molecule has 4 fully saturated rings. The Bertz CT molecular complexity index is 595. The summed E-state index contributed by atoms with van der Waals surface area (Å²) in [5.41, 5.74) is 2.35. The van der Waals surface area contributed by atoms with Crippen LogP contribution in [-0.4, -0.2) is 16.8 Å². The average molecular weight is 287 g/mol. The molecule has 6 rings (SSSR count). The van der Waals surface area contributed by atoms with Crippen molar-refractivity contribution in [2.75, 3.05) is 0 Å². The first-order chi connectivity index (χ1) is 9.78. The molecule has 0 radical (unpaired) electrons. The highest BCUT2D eigenvalue weighted by atomic mass is 35.5. The van der Waals surface area contributed by atoms with Crippen LogP contribution in [-0.2, 0) is 6.54 Å². The second-order valence-electron chi connectivity index (χ2n) is 7.10. The molecule has 0 spiro atoms. The average Bonchev–Trinajstić information content (AvgIpc) is 2.60. The van der Waals surface area contributed by atoms with Crippen LogP contribution >= 0.6 is 11.6 Å². The number of benzene rings is 1. The summed E-state index contributed by atoms with van der Waals surface area (Å²) in [6, 6.07) is 6.87. The minimum Gasteiger partial charge on any atom is -0.352 e. The normalized spacial score (nSPS) is 37.2. The highest BCUT2D eigenvalue weighted by molar-refractivity contribution is 6.31. The molecule has 0 aromatic heterocycles. The lowest BCUT2D eigenvalue weighted by Crippen LogP contribution is -2.42. The van der Waals surface area contributed by atoms with Gasteiger partial charge < -0.3 is 4.90 Å². The standard InChI is InChI=1S/C17H19ClN2/c18-15-2-1-3-16-14(15)9-20-13-7-10-4-11(8-13)6-12(5-10)17(20)19-16/h1-3,10-13H,4-9H2/t10-,11-,12?,13?/m0/s1. The lowest BCUT2D eigenvalue weighted by atomic mass is 9.68. The highest BCUT2D eigenvalue weighted by Crippen LogP contribution is 2.50. The fourth-order valence-electron chi connectivity index (χ4n) is 5.17. The molecule has 0 amide bonds. The van der Waals surface area contributed by atoms with Crippen LogP contribution in [0.3, 0.4) is 0 Å². The quantitative estimate of drug-likeness (QED) is 0.690. The van der Waals surface area contributed by atoms with E-state index in [1.54, 1.807) is 0 Å². The van der Waals surface area contributed by atoms with Gasteiger partial charge in [-0.25, -0.2) is 4.99 Å². The fraction of sp³-hybridized carbons (Fsp3) is 0.588. The van der Waals surface area contributed by atoms with E-state index < -0.39 is 0 Å². The van der Waals surface area contributed by atoms with Crippen molar-refractivity contribution in [2.24, 2.45) is 22.7 Å². The number of halogens is 1. The van der Waals surface area contributed by atoms with Crippen LogP contribution in [0.1, 0.15) is 37.7 Å². The lowest BCUT2D eigenvalue weighted by Gasteiger charge is -2.39. The molecule has 3 heteroatoms. The molecule has 104 valence electrons. The summed E-state index contributed by atoms with van der Waals surface area (Å²) >= 11 is 6.40. The predicted octanol–water partition coefficient (Wildman–Crippen LogP) is 4.39. The Morgan fingerprint density at radius 1 is 1.05 bits per heavy atom. The molecule has 4 bridgehead atoms. The number of hydrogen-bond acceptors (Lipinski definition) is 2. The minimum atomic E-state index is 0.707. The van der Waals surface area contributed by atoms with Gasteiger partial charge in [0.2, 0.25) is 0 Å². The van der Waals surface area contributed by atoms with Crippen molar-refractivity contribution in [1.82, 2.24) is 4.90 Å². The molecule has 1 aromatic rings. The van der Waals surface area contributed by atoms with Gasteiger partial charge in [0.1, 0.15) is 5.84 Å².